The summed E-state index contributed by atoms with van der Waals surface area (Å²) >= 11 is 0. The standard InChI is InChI=1S/C21H23N3O3S/c1-15-6-8-17(9-7-15)20-22-23-21(27-20)18-4-3-5-19(14-18)28(25,26)24-12-10-16(2)11-13-24/h3-9,14,16H,10-13H2,1-2H3. The van der Waals surface area contributed by atoms with E-state index in [0.717, 1.165) is 24.0 Å². The zero-order valence-corrected chi connectivity index (χ0v) is 16.8. The third-order valence-corrected chi connectivity index (χ3v) is 7.08. The van der Waals surface area contributed by atoms with E-state index in [-0.39, 0.29) is 4.90 Å². The molecule has 1 fully saturated rings. The summed E-state index contributed by atoms with van der Waals surface area (Å²) in [6.45, 7) is 5.29. The largest absolute Gasteiger partial charge is 0.416 e. The first kappa shape index (κ1) is 18.8. The Morgan fingerprint density at radius 1 is 0.964 bits per heavy atom. The molecule has 0 atom stereocenters. The Balaban J connectivity index is 1.61. The number of benzene rings is 2. The molecule has 146 valence electrons. The number of aromatic nitrogens is 2. The van der Waals surface area contributed by atoms with E-state index >= 15 is 0 Å². The molecule has 28 heavy (non-hydrogen) atoms. The lowest BCUT2D eigenvalue weighted by molar-refractivity contribution is 0.288. The molecule has 2 heterocycles. The van der Waals surface area contributed by atoms with Gasteiger partial charge in [-0.1, -0.05) is 30.7 Å². The van der Waals surface area contributed by atoms with Crippen LogP contribution in [0.4, 0.5) is 0 Å². The summed E-state index contributed by atoms with van der Waals surface area (Å²) < 4.78 is 33.3. The fraction of sp³-hybridized carbons (Fsp3) is 0.333. The van der Waals surface area contributed by atoms with Gasteiger partial charge < -0.3 is 4.42 Å². The lowest BCUT2D eigenvalue weighted by Gasteiger charge is -2.29. The number of hydrogen-bond acceptors (Lipinski definition) is 5. The number of rotatable bonds is 4. The van der Waals surface area contributed by atoms with E-state index in [1.165, 1.54) is 0 Å². The molecular formula is C21H23N3O3S. The van der Waals surface area contributed by atoms with Gasteiger partial charge in [0.05, 0.1) is 4.90 Å². The van der Waals surface area contributed by atoms with Crippen LogP contribution in [0.3, 0.4) is 0 Å². The first-order valence-corrected chi connectivity index (χ1v) is 10.9. The highest BCUT2D eigenvalue weighted by Crippen LogP contribution is 2.28. The van der Waals surface area contributed by atoms with Crippen molar-refractivity contribution in [1.82, 2.24) is 14.5 Å². The molecular weight excluding hydrogens is 374 g/mol. The highest BCUT2D eigenvalue weighted by molar-refractivity contribution is 7.89. The number of piperidine rings is 1. The average Bonchev–Trinajstić information content (AvgIpc) is 3.19. The summed E-state index contributed by atoms with van der Waals surface area (Å²) in [5.74, 6) is 1.28. The van der Waals surface area contributed by atoms with Crippen LogP contribution in [0.5, 0.6) is 0 Å². The van der Waals surface area contributed by atoms with Crippen LogP contribution >= 0.6 is 0 Å². The molecule has 0 unspecified atom stereocenters. The van der Waals surface area contributed by atoms with E-state index in [0.29, 0.717) is 36.4 Å². The van der Waals surface area contributed by atoms with Gasteiger partial charge in [-0.25, -0.2) is 8.42 Å². The van der Waals surface area contributed by atoms with Gasteiger partial charge in [0.1, 0.15) is 0 Å². The van der Waals surface area contributed by atoms with Crippen LogP contribution in [0, 0.1) is 12.8 Å². The molecule has 0 N–H and O–H groups in total. The van der Waals surface area contributed by atoms with E-state index in [2.05, 4.69) is 17.1 Å². The van der Waals surface area contributed by atoms with E-state index < -0.39 is 10.0 Å². The van der Waals surface area contributed by atoms with Crippen molar-refractivity contribution in [2.45, 2.75) is 31.6 Å². The minimum absolute atomic E-state index is 0.259. The predicted octanol–water partition coefficient (Wildman–Crippen LogP) is 4.13. The van der Waals surface area contributed by atoms with Crippen LogP contribution in [-0.2, 0) is 10.0 Å². The van der Waals surface area contributed by atoms with Crippen molar-refractivity contribution < 1.29 is 12.8 Å². The van der Waals surface area contributed by atoms with E-state index in [4.69, 9.17) is 4.42 Å². The SMILES string of the molecule is Cc1ccc(-c2nnc(-c3cccc(S(=O)(=O)N4CCC(C)CC4)c3)o2)cc1. The van der Waals surface area contributed by atoms with Crippen LogP contribution in [0.25, 0.3) is 22.9 Å². The van der Waals surface area contributed by atoms with Crippen LogP contribution < -0.4 is 0 Å². The van der Waals surface area contributed by atoms with Crippen molar-refractivity contribution in [2.24, 2.45) is 5.92 Å². The lowest BCUT2D eigenvalue weighted by atomic mass is 10.0. The second-order valence-electron chi connectivity index (χ2n) is 7.39. The molecule has 0 saturated carbocycles. The molecule has 0 radical (unpaired) electrons. The monoisotopic (exact) mass is 397 g/mol. The maximum absolute atomic E-state index is 13.0. The average molecular weight is 398 g/mol. The molecule has 2 aromatic carbocycles. The third kappa shape index (κ3) is 3.72. The molecule has 1 saturated heterocycles. The van der Waals surface area contributed by atoms with Crippen LogP contribution in [-0.4, -0.2) is 36.0 Å². The fourth-order valence-electron chi connectivity index (χ4n) is 3.32. The topological polar surface area (TPSA) is 76.3 Å². The molecule has 0 amide bonds. The van der Waals surface area contributed by atoms with Gasteiger partial charge in [-0.05, 0) is 56.0 Å². The fourth-order valence-corrected chi connectivity index (χ4v) is 4.83. The van der Waals surface area contributed by atoms with Crippen LogP contribution in [0.2, 0.25) is 0 Å². The summed E-state index contributed by atoms with van der Waals surface area (Å²) in [6, 6.07) is 14.5. The minimum atomic E-state index is -3.52. The van der Waals surface area contributed by atoms with Crippen molar-refractivity contribution in [3.63, 3.8) is 0 Å². The van der Waals surface area contributed by atoms with Gasteiger partial charge in [0.25, 0.3) is 0 Å². The molecule has 3 aromatic rings. The van der Waals surface area contributed by atoms with Gasteiger partial charge in [-0.3, -0.25) is 0 Å². The maximum Gasteiger partial charge on any atom is 0.248 e. The maximum atomic E-state index is 13.0. The van der Waals surface area contributed by atoms with Crippen LogP contribution in [0.1, 0.15) is 25.3 Å². The van der Waals surface area contributed by atoms with Gasteiger partial charge in [0.15, 0.2) is 0 Å². The smallest absolute Gasteiger partial charge is 0.248 e. The molecule has 1 aromatic heterocycles. The zero-order valence-electron chi connectivity index (χ0n) is 16.0. The van der Waals surface area contributed by atoms with Crippen molar-refractivity contribution >= 4 is 10.0 Å². The second-order valence-corrected chi connectivity index (χ2v) is 9.33. The summed E-state index contributed by atoms with van der Waals surface area (Å²) in [6.07, 6.45) is 1.78. The number of sulfonamides is 1. The predicted molar refractivity (Wildman–Crippen MR) is 107 cm³/mol. The first-order valence-electron chi connectivity index (χ1n) is 9.44. The third-order valence-electron chi connectivity index (χ3n) is 5.18. The number of aryl methyl sites for hydroxylation is 1. The summed E-state index contributed by atoms with van der Waals surface area (Å²) in [5, 5.41) is 8.21. The number of nitrogens with zero attached hydrogens (tertiary/aromatic N) is 3. The van der Waals surface area contributed by atoms with E-state index in [9.17, 15) is 8.42 Å². The Morgan fingerprint density at radius 2 is 1.61 bits per heavy atom. The van der Waals surface area contributed by atoms with Crippen molar-refractivity contribution in [1.29, 1.82) is 0 Å². The van der Waals surface area contributed by atoms with E-state index in [1.54, 1.807) is 28.6 Å². The molecule has 1 aliphatic rings. The Hall–Kier alpha value is -2.51. The zero-order chi connectivity index (χ0) is 19.7. The Morgan fingerprint density at radius 3 is 2.29 bits per heavy atom. The van der Waals surface area contributed by atoms with Gasteiger partial charge in [-0.15, -0.1) is 10.2 Å². The van der Waals surface area contributed by atoms with Gasteiger partial charge >= 0.3 is 0 Å². The molecule has 4 rings (SSSR count). The van der Waals surface area contributed by atoms with Gasteiger partial charge in [0.2, 0.25) is 21.8 Å². The van der Waals surface area contributed by atoms with Crippen molar-refractivity contribution in [2.75, 3.05) is 13.1 Å². The quantitative estimate of drug-likeness (QED) is 0.661. The minimum Gasteiger partial charge on any atom is -0.416 e. The molecule has 1 aliphatic heterocycles. The highest BCUT2D eigenvalue weighted by Gasteiger charge is 2.28. The molecule has 0 bridgehead atoms. The normalized spacial score (nSPS) is 16.4. The van der Waals surface area contributed by atoms with Crippen molar-refractivity contribution in [3.8, 4) is 22.9 Å². The summed E-state index contributed by atoms with van der Waals surface area (Å²) in [7, 11) is -3.52. The molecule has 0 aliphatic carbocycles. The molecule has 0 spiro atoms. The first-order chi connectivity index (χ1) is 13.4. The second kappa shape index (κ2) is 7.48. The summed E-state index contributed by atoms with van der Waals surface area (Å²) in [5.41, 5.74) is 2.57. The van der Waals surface area contributed by atoms with Gasteiger partial charge in [0, 0.05) is 24.2 Å². The molecule has 7 heteroatoms. The Bertz CT molecular complexity index is 1070. The van der Waals surface area contributed by atoms with Crippen LogP contribution in [0.15, 0.2) is 57.8 Å². The lowest BCUT2D eigenvalue weighted by Crippen LogP contribution is -2.37. The highest BCUT2D eigenvalue weighted by atomic mass is 32.2. The van der Waals surface area contributed by atoms with E-state index in [1.807, 2.05) is 31.2 Å². The summed E-state index contributed by atoms with van der Waals surface area (Å²) in [4.78, 5) is 0.259. The molecule has 6 nitrogen and oxygen atoms in total. The van der Waals surface area contributed by atoms with Crippen molar-refractivity contribution in [3.05, 3.63) is 54.1 Å². The van der Waals surface area contributed by atoms with Gasteiger partial charge in [-0.2, -0.15) is 4.31 Å². The number of hydrogen-bond donors (Lipinski definition) is 0. The Labute approximate surface area is 165 Å². The Kier molecular flexibility index (Phi) is 5.03.